The predicted octanol–water partition coefficient (Wildman–Crippen LogP) is 1.15. The van der Waals surface area contributed by atoms with Gasteiger partial charge in [-0.2, -0.15) is 0 Å². The van der Waals surface area contributed by atoms with Crippen molar-refractivity contribution in [1.29, 1.82) is 0 Å². The Labute approximate surface area is 86.8 Å². The molecule has 0 unspecified atom stereocenters. The molecule has 2 aromatic rings. The summed E-state index contributed by atoms with van der Waals surface area (Å²) in [5.41, 5.74) is 8.06. The van der Waals surface area contributed by atoms with Gasteiger partial charge in [-0.05, 0) is 25.1 Å². The average molecular weight is 204 g/mol. The van der Waals surface area contributed by atoms with Crippen LogP contribution in [0.15, 0.2) is 29.7 Å². The number of oxime groups is 1. The fourth-order valence-electron chi connectivity index (χ4n) is 1.53. The van der Waals surface area contributed by atoms with Gasteiger partial charge in [0.2, 0.25) is 0 Å². The van der Waals surface area contributed by atoms with Crippen LogP contribution in [0, 0.1) is 0 Å². The Balaban J connectivity index is 2.58. The summed E-state index contributed by atoms with van der Waals surface area (Å²) in [6.07, 6.45) is 1.78. The number of aromatic nitrogens is 2. The molecule has 2 rings (SSSR count). The molecule has 0 bridgehead atoms. The summed E-state index contributed by atoms with van der Waals surface area (Å²) >= 11 is 0. The van der Waals surface area contributed by atoms with E-state index >= 15 is 0 Å². The average Bonchev–Trinajstić information content (AvgIpc) is 2.69. The Morgan fingerprint density at radius 3 is 3.07 bits per heavy atom. The highest BCUT2D eigenvalue weighted by Gasteiger charge is 2.04. The van der Waals surface area contributed by atoms with Crippen molar-refractivity contribution >= 4 is 16.9 Å². The minimum Gasteiger partial charge on any atom is -0.409 e. The predicted molar refractivity (Wildman–Crippen MR) is 57.9 cm³/mol. The lowest BCUT2D eigenvalue weighted by molar-refractivity contribution is 0.318. The second-order valence-corrected chi connectivity index (χ2v) is 3.22. The van der Waals surface area contributed by atoms with E-state index in [-0.39, 0.29) is 5.84 Å². The van der Waals surface area contributed by atoms with E-state index in [0.29, 0.717) is 5.56 Å². The van der Waals surface area contributed by atoms with Gasteiger partial charge in [-0.1, -0.05) is 5.16 Å². The first kappa shape index (κ1) is 9.51. The zero-order chi connectivity index (χ0) is 10.8. The molecule has 0 atom stereocenters. The van der Waals surface area contributed by atoms with E-state index in [1.165, 1.54) is 0 Å². The van der Waals surface area contributed by atoms with Crippen molar-refractivity contribution < 1.29 is 5.21 Å². The van der Waals surface area contributed by atoms with Crippen LogP contribution in [0.5, 0.6) is 0 Å². The molecule has 0 saturated carbocycles. The molecule has 0 spiro atoms. The van der Waals surface area contributed by atoms with Crippen LogP contribution >= 0.6 is 0 Å². The molecule has 78 valence electrons. The number of benzene rings is 1. The molecule has 0 radical (unpaired) electrons. The third-order valence-corrected chi connectivity index (χ3v) is 2.37. The highest BCUT2D eigenvalue weighted by molar-refractivity contribution is 5.99. The Morgan fingerprint density at radius 1 is 1.60 bits per heavy atom. The van der Waals surface area contributed by atoms with Crippen molar-refractivity contribution in [1.82, 2.24) is 9.55 Å². The molecule has 5 nitrogen and oxygen atoms in total. The second kappa shape index (κ2) is 3.61. The number of rotatable bonds is 2. The first-order valence-electron chi connectivity index (χ1n) is 4.69. The van der Waals surface area contributed by atoms with Crippen LogP contribution in [0.2, 0.25) is 0 Å². The maximum atomic E-state index is 8.55. The van der Waals surface area contributed by atoms with Gasteiger partial charge in [0.1, 0.15) is 0 Å². The summed E-state index contributed by atoms with van der Waals surface area (Å²) in [7, 11) is 0. The largest absolute Gasteiger partial charge is 0.409 e. The quantitative estimate of drug-likeness (QED) is 0.333. The minimum atomic E-state index is 0.1000. The first-order chi connectivity index (χ1) is 7.26. The Morgan fingerprint density at radius 2 is 2.40 bits per heavy atom. The van der Waals surface area contributed by atoms with Crippen molar-refractivity contribution in [3.05, 3.63) is 30.1 Å². The van der Waals surface area contributed by atoms with Gasteiger partial charge in [-0.15, -0.1) is 0 Å². The maximum absolute atomic E-state index is 8.55. The van der Waals surface area contributed by atoms with Crippen molar-refractivity contribution in [2.24, 2.45) is 10.9 Å². The number of fused-ring (bicyclic) bond motifs is 1. The van der Waals surface area contributed by atoms with E-state index in [1.807, 2.05) is 16.7 Å². The zero-order valence-corrected chi connectivity index (χ0v) is 8.38. The van der Waals surface area contributed by atoms with Crippen LogP contribution < -0.4 is 5.73 Å². The highest BCUT2D eigenvalue weighted by Crippen LogP contribution is 2.14. The van der Waals surface area contributed by atoms with Gasteiger partial charge in [-0.3, -0.25) is 0 Å². The fourth-order valence-corrected chi connectivity index (χ4v) is 1.53. The number of imidazole rings is 1. The van der Waals surface area contributed by atoms with E-state index < -0.39 is 0 Å². The molecule has 5 heteroatoms. The fraction of sp³-hybridized carbons (Fsp3) is 0.200. The smallest absolute Gasteiger partial charge is 0.170 e. The van der Waals surface area contributed by atoms with Crippen LogP contribution in [-0.4, -0.2) is 20.6 Å². The molecule has 1 aromatic carbocycles. The van der Waals surface area contributed by atoms with Gasteiger partial charge < -0.3 is 15.5 Å². The Bertz CT molecular complexity index is 515. The summed E-state index contributed by atoms with van der Waals surface area (Å²) in [5, 5.41) is 11.5. The van der Waals surface area contributed by atoms with Gasteiger partial charge in [0, 0.05) is 12.1 Å². The zero-order valence-electron chi connectivity index (χ0n) is 8.38. The molecule has 0 aliphatic rings. The Hall–Kier alpha value is -2.04. The third-order valence-electron chi connectivity index (χ3n) is 2.37. The van der Waals surface area contributed by atoms with E-state index in [2.05, 4.69) is 17.1 Å². The first-order valence-corrected chi connectivity index (χ1v) is 4.69. The Kier molecular flexibility index (Phi) is 2.29. The van der Waals surface area contributed by atoms with Gasteiger partial charge >= 0.3 is 0 Å². The normalized spacial score (nSPS) is 12.2. The van der Waals surface area contributed by atoms with Crippen molar-refractivity contribution in [3.63, 3.8) is 0 Å². The van der Waals surface area contributed by atoms with Crippen molar-refractivity contribution in [2.75, 3.05) is 0 Å². The van der Waals surface area contributed by atoms with Gasteiger partial charge in [0.05, 0.1) is 17.4 Å². The standard InChI is InChI=1S/C10H12N4O/c1-2-14-6-12-8-5-7(10(11)13-15)3-4-9(8)14/h3-6,15H,2H2,1H3,(H2,11,13). The molecule has 1 heterocycles. The molecule has 0 fully saturated rings. The lowest BCUT2D eigenvalue weighted by Crippen LogP contribution is -2.12. The van der Waals surface area contributed by atoms with E-state index in [9.17, 15) is 0 Å². The van der Waals surface area contributed by atoms with E-state index in [1.54, 1.807) is 12.4 Å². The lowest BCUT2D eigenvalue weighted by atomic mass is 10.2. The van der Waals surface area contributed by atoms with Gasteiger partial charge in [-0.25, -0.2) is 4.98 Å². The van der Waals surface area contributed by atoms with Crippen LogP contribution in [0.4, 0.5) is 0 Å². The van der Waals surface area contributed by atoms with Crippen LogP contribution in [0.3, 0.4) is 0 Å². The number of aryl methyl sites for hydroxylation is 1. The van der Waals surface area contributed by atoms with E-state index in [0.717, 1.165) is 17.6 Å². The summed E-state index contributed by atoms with van der Waals surface area (Å²) in [4.78, 5) is 4.24. The number of amidine groups is 1. The molecular weight excluding hydrogens is 192 g/mol. The van der Waals surface area contributed by atoms with Crippen molar-refractivity contribution in [3.8, 4) is 0 Å². The molecule has 15 heavy (non-hydrogen) atoms. The molecule has 3 N–H and O–H groups in total. The molecule has 0 saturated heterocycles. The highest BCUT2D eigenvalue weighted by atomic mass is 16.4. The van der Waals surface area contributed by atoms with Crippen molar-refractivity contribution in [2.45, 2.75) is 13.5 Å². The van der Waals surface area contributed by atoms with Gasteiger partial charge in [0.15, 0.2) is 5.84 Å². The summed E-state index contributed by atoms with van der Waals surface area (Å²) < 4.78 is 2.03. The molecular formula is C10H12N4O. The molecule has 0 aliphatic heterocycles. The van der Waals surface area contributed by atoms with Crippen LogP contribution in [-0.2, 0) is 6.54 Å². The van der Waals surface area contributed by atoms with E-state index in [4.69, 9.17) is 10.9 Å². The monoisotopic (exact) mass is 204 g/mol. The second-order valence-electron chi connectivity index (χ2n) is 3.22. The van der Waals surface area contributed by atoms with Crippen LogP contribution in [0.1, 0.15) is 12.5 Å². The molecule has 0 aliphatic carbocycles. The minimum absolute atomic E-state index is 0.1000. The molecule has 1 aromatic heterocycles. The number of hydrogen-bond donors (Lipinski definition) is 2. The number of hydrogen-bond acceptors (Lipinski definition) is 3. The summed E-state index contributed by atoms with van der Waals surface area (Å²) in [6.45, 7) is 2.93. The molecule has 0 amide bonds. The maximum Gasteiger partial charge on any atom is 0.170 e. The topological polar surface area (TPSA) is 76.4 Å². The third kappa shape index (κ3) is 1.52. The number of nitrogens with two attached hydrogens (primary N) is 1. The summed E-state index contributed by atoms with van der Waals surface area (Å²) in [5.74, 6) is 0.1000. The summed E-state index contributed by atoms with van der Waals surface area (Å²) in [6, 6.07) is 5.53. The van der Waals surface area contributed by atoms with Gasteiger partial charge in [0.25, 0.3) is 0 Å². The SMILES string of the molecule is CCn1cnc2cc(/C(N)=N\O)ccc21. The number of nitrogens with zero attached hydrogens (tertiary/aromatic N) is 3. The van der Waals surface area contributed by atoms with Crippen LogP contribution in [0.25, 0.3) is 11.0 Å². The lowest BCUT2D eigenvalue weighted by Gasteiger charge is -2.00.